The van der Waals surface area contributed by atoms with Gasteiger partial charge in [-0.1, -0.05) is 19.9 Å². The molecular weight excluding hydrogens is 234 g/mol. The minimum absolute atomic E-state index is 0.0642. The number of carbonyl (C=O) groups is 1. The van der Waals surface area contributed by atoms with E-state index in [4.69, 9.17) is 0 Å². The Hall–Kier alpha value is -0.870. The van der Waals surface area contributed by atoms with Gasteiger partial charge in [-0.05, 0) is 30.2 Å². The first-order valence-corrected chi connectivity index (χ1v) is 6.94. The smallest absolute Gasteiger partial charge is 0.220 e. The molecule has 0 aliphatic carbocycles. The zero-order valence-corrected chi connectivity index (χ0v) is 11.3. The van der Waals surface area contributed by atoms with Crippen LogP contribution in [0.1, 0.15) is 31.6 Å². The van der Waals surface area contributed by atoms with Crippen LogP contribution in [-0.4, -0.2) is 23.7 Å². The van der Waals surface area contributed by atoms with Crippen LogP contribution >= 0.6 is 11.3 Å². The summed E-state index contributed by atoms with van der Waals surface area (Å²) in [5.74, 6) is 0.312. The molecule has 0 radical (unpaired) electrons. The Bertz CT molecular complexity index is 322. The van der Waals surface area contributed by atoms with Gasteiger partial charge in [0.05, 0.1) is 6.10 Å². The molecule has 0 aliphatic heterocycles. The molecule has 1 aromatic rings. The lowest BCUT2D eigenvalue weighted by molar-refractivity contribution is -0.121. The van der Waals surface area contributed by atoms with Gasteiger partial charge in [-0.15, -0.1) is 11.3 Å². The van der Waals surface area contributed by atoms with Crippen molar-refractivity contribution < 1.29 is 9.90 Å². The summed E-state index contributed by atoms with van der Waals surface area (Å²) >= 11 is 1.68. The molecule has 0 spiro atoms. The molecular formula is C13H21NO2S. The normalized spacial score (nSPS) is 12.7. The Morgan fingerprint density at radius 1 is 1.53 bits per heavy atom. The number of nitrogens with one attached hydrogen (secondary N) is 1. The second-order valence-corrected chi connectivity index (χ2v) is 5.56. The number of aryl methyl sites for hydroxylation is 1. The van der Waals surface area contributed by atoms with Gasteiger partial charge in [0.1, 0.15) is 0 Å². The molecule has 3 nitrogen and oxygen atoms in total. The molecule has 1 heterocycles. The fourth-order valence-electron chi connectivity index (χ4n) is 1.47. The van der Waals surface area contributed by atoms with Gasteiger partial charge in [-0.25, -0.2) is 0 Å². The van der Waals surface area contributed by atoms with Crippen LogP contribution in [-0.2, 0) is 11.2 Å². The SMILES string of the molecule is CC(C)C(O)CCNC(=O)CCc1cccs1. The topological polar surface area (TPSA) is 49.3 Å². The van der Waals surface area contributed by atoms with Crippen molar-refractivity contribution in [3.63, 3.8) is 0 Å². The van der Waals surface area contributed by atoms with E-state index >= 15 is 0 Å². The second kappa shape index (κ2) is 7.45. The number of carbonyl (C=O) groups excluding carboxylic acids is 1. The van der Waals surface area contributed by atoms with Gasteiger partial charge >= 0.3 is 0 Å². The summed E-state index contributed by atoms with van der Waals surface area (Å²) in [5.41, 5.74) is 0. The van der Waals surface area contributed by atoms with E-state index in [1.54, 1.807) is 11.3 Å². The Labute approximate surface area is 107 Å². The molecule has 1 unspecified atom stereocenters. The molecule has 0 aliphatic rings. The van der Waals surface area contributed by atoms with E-state index in [1.807, 2.05) is 31.4 Å². The van der Waals surface area contributed by atoms with E-state index in [-0.39, 0.29) is 17.9 Å². The largest absolute Gasteiger partial charge is 0.393 e. The van der Waals surface area contributed by atoms with Gasteiger partial charge in [0.2, 0.25) is 5.91 Å². The van der Waals surface area contributed by atoms with E-state index in [9.17, 15) is 9.90 Å². The van der Waals surface area contributed by atoms with Crippen LogP contribution in [0.4, 0.5) is 0 Å². The quantitative estimate of drug-likeness (QED) is 0.785. The number of aliphatic hydroxyl groups excluding tert-OH is 1. The maximum Gasteiger partial charge on any atom is 0.220 e. The van der Waals surface area contributed by atoms with Crippen LogP contribution in [0.15, 0.2) is 17.5 Å². The third-order valence-corrected chi connectivity index (χ3v) is 3.65. The highest BCUT2D eigenvalue weighted by Crippen LogP contribution is 2.10. The summed E-state index contributed by atoms with van der Waals surface area (Å²) in [7, 11) is 0. The lowest BCUT2D eigenvalue weighted by Gasteiger charge is -2.14. The Morgan fingerprint density at radius 3 is 2.88 bits per heavy atom. The molecule has 1 atom stereocenters. The highest BCUT2D eigenvalue weighted by Gasteiger charge is 2.09. The minimum Gasteiger partial charge on any atom is -0.393 e. The third kappa shape index (κ3) is 5.84. The average Bonchev–Trinajstić information content (AvgIpc) is 2.78. The van der Waals surface area contributed by atoms with Crippen molar-refractivity contribution >= 4 is 17.2 Å². The molecule has 0 saturated carbocycles. The van der Waals surface area contributed by atoms with E-state index in [0.29, 0.717) is 19.4 Å². The number of amides is 1. The maximum atomic E-state index is 11.5. The van der Waals surface area contributed by atoms with Crippen LogP contribution in [0.5, 0.6) is 0 Å². The predicted octanol–water partition coefficient (Wildman–Crippen LogP) is 2.20. The fraction of sp³-hybridized carbons (Fsp3) is 0.615. The van der Waals surface area contributed by atoms with Gasteiger partial charge in [0.25, 0.3) is 0 Å². The standard InChI is InChI=1S/C13H21NO2S/c1-10(2)12(15)7-8-14-13(16)6-5-11-4-3-9-17-11/h3-4,9-10,12,15H,5-8H2,1-2H3,(H,14,16). The van der Waals surface area contributed by atoms with Crippen molar-refractivity contribution in [1.82, 2.24) is 5.32 Å². The van der Waals surface area contributed by atoms with E-state index in [0.717, 1.165) is 6.42 Å². The molecule has 0 fully saturated rings. The van der Waals surface area contributed by atoms with Gasteiger partial charge in [0, 0.05) is 17.8 Å². The highest BCUT2D eigenvalue weighted by atomic mass is 32.1. The summed E-state index contributed by atoms with van der Waals surface area (Å²) in [6, 6.07) is 4.04. The Balaban J connectivity index is 2.09. The molecule has 0 aromatic carbocycles. The molecule has 96 valence electrons. The van der Waals surface area contributed by atoms with Crippen molar-refractivity contribution in [2.45, 2.75) is 39.2 Å². The number of hydrogen-bond donors (Lipinski definition) is 2. The van der Waals surface area contributed by atoms with Crippen LogP contribution in [0.25, 0.3) is 0 Å². The summed E-state index contributed by atoms with van der Waals surface area (Å²) in [4.78, 5) is 12.7. The van der Waals surface area contributed by atoms with Gasteiger partial charge in [0.15, 0.2) is 0 Å². The first-order valence-electron chi connectivity index (χ1n) is 6.06. The van der Waals surface area contributed by atoms with Crippen molar-refractivity contribution in [2.24, 2.45) is 5.92 Å². The molecule has 0 saturated heterocycles. The molecule has 4 heteroatoms. The van der Waals surface area contributed by atoms with E-state index < -0.39 is 0 Å². The molecule has 1 rings (SSSR count). The molecule has 2 N–H and O–H groups in total. The lowest BCUT2D eigenvalue weighted by atomic mass is 10.0. The molecule has 0 bridgehead atoms. The number of rotatable bonds is 7. The Kier molecular flexibility index (Phi) is 6.22. The first kappa shape index (κ1) is 14.2. The molecule has 1 aromatic heterocycles. The highest BCUT2D eigenvalue weighted by molar-refractivity contribution is 7.09. The van der Waals surface area contributed by atoms with E-state index in [1.165, 1.54) is 4.88 Å². The summed E-state index contributed by atoms with van der Waals surface area (Å²) in [6.45, 7) is 4.51. The van der Waals surface area contributed by atoms with Crippen molar-refractivity contribution in [1.29, 1.82) is 0 Å². The maximum absolute atomic E-state index is 11.5. The fourth-order valence-corrected chi connectivity index (χ4v) is 2.18. The first-order chi connectivity index (χ1) is 8.09. The lowest BCUT2D eigenvalue weighted by Crippen LogP contribution is -2.28. The zero-order chi connectivity index (χ0) is 12.7. The third-order valence-electron chi connectivity index (χ3n) is 2.71. The number of hydrogen-bond acceptors (Lipinski definition) is 3. The monoisotopic (exact) mass is 255 g/mol. The van der Waals surface area contributed by atoms with Crippen LogP contribution in [0.2, 0.25) is 0 Å². The molecule has 17 heavy (non-hydrogen) atoms. The minimum atomic E-state index is -0.326. The Morgan fingerprint density at radius 2 is 2.29 bits per heavy atom. The van der Waals surface area contributed by atoms with Gasteiger partial charge < -0.3 is 10.4 Å². The summed E-state index contributed by atoms with van der Waals surface area (Å²) < 4.78 is 0. The second-order valence-electron chi connectivity index (χ2n) is 4.53. The summed E-state index contributed by atoms with van der Waals surface area (Å²) in [5, 5.41) is 14.4. The summed E-state index contributed by atoms with van der Waals surface area (Å²) in [6.07, 6.45) is 1.63. The predicted molar refractivity (Wildman–Crippen MR) is 71.1 cm³/mol. The van der Waals surface area contributed by atoms with Crippen molar-refractivity contribution in [3.05, 3.63) is 22.4 Å². The van der Waals surface area contributed by atoms with Crippen LogP contribution in [0.3, 0.4) is 0 Å². The number of thiophene rings is 1. The van der Waals surface area contributed by atoms with Crippen LogP contribution < -0.4 is 5.32 Å². The van der Waals surface area contributed by atoms with Gasteiger partial charge in [-0.2, -0.15) is 0 Å². The number of aliphatic hydroxyl groups is 1. The van der Waals surface area contributed by atoms with Gasteiger partial charge in [-0.3, -0.25) is 4.79 Å². The average molecular weight is 255 g/mol. The zero-order valence-electron chi connectivity index (χ0n) is 10.5. The van der Waals surface area contributed by atoms with Crippen LogP contribution in [0, 0.1) is 5.92 Å². The molecule has 1 amide bonds. The van der Waals surface area contributed by atoms with E-state index in [2.05, 4.69) is 5.32 Å². The van der Waals surface area contributed by atoms with Crippen molar-refractivity contribution in [2.75, 3.05) is 6.54 Å². The van der Waals surface area contributed by atoms with Crippen molar-refractivity contribution in [3.8, 4) is 0 Å².